The van der Waals surface area contributed by atoms with E-state index in [1.54, 1.807) is 6.20 Å². The Morgan fingerprint density at radius 2 is 1.94 bits per heavy atom. The van der Waals surface area contributed by atoms with Crippen molar-refractivity contribution in [2.75, 3.05) is 57.4 Å². The van der Waals surface area contributed by atoms with Gasteiger partial charge in [0.15, 0.2) is 0 Å². The normalized spacial score (nSPS) is 26.5. The van der Waals surface area contributed by atoms with Crippen LogP contribution in [0.5, 0.6) is 0 Å². The van der Waals surface area contributed by atoms with Gasteiger partial charge in [-0.25, -0.2) is 4.98 Å². The van der Waals surface area contributed by atoms with E-state index in [2.05, 4.69) is 9.88 Å². The van der Waals surface area contributed by atoms with Crippen LogP contribution >= 0.6 is 11.3 Å². The molecule has 0 N–H and O–H groups in total. The number of nitrogens with zero attached hydrogens (tertiary/aromatic N) is 4. The van der Waals surface area contributed by atoms with E-state index < -0.39 is 5.41 Å². The van der Waals surface area contributed by atoms with Crippen LogP contribution in [-0.4, -0.2) is 79.1 Å². The molecule has 8 heteroatoms. The van der Waals surface area contributed by atoms with Crippen LogP contribution in [0.3, 0.4) is 0 Å². The first-order valence-electron chi connectivity index (χ1n) is 11.0. The number of hydrogen-bond acceptors (Lipinski definition) is 6. The quantitative estimate of drug-likeness (QED) is 0.733. The maximum absolute atomic E-state index is 13.9. The highest BCUT2D eigenvalue weighted by molar-refractivity contribution is 7.12. The molecule has 0 saturated carbocycles. The summed E-state index contributed by atoms with van der Waals surface area (Å²) in [6.45, 7) is 5.20. The summed E-state index contributed by atoms with van der Waals surface area (Å²) in [5.41, 5.74) is -0.487. The molecule has 2 aromatic rings. The first kappa shape index (κ1) is 20.5. The molecule has 0 bridgehead atoms. The zero-order valence-corrected chi connectivity index (χ0v) is 18.4. The molecule has 0 unspecified atom stereocenters. The van der Waals surface area contributed by atoms with Crippen molar-refractivity contribution in [3.8, 4) is 0 Å². The van der Waals surface area contributed by atoms with Gasteiger partial charge in [-0.05, 0) is 36.4 Å². The Kier molecular flexibility index (Phi) is 5.67. The lowest BCUT2D eigenvalue weighted by Gasteiger charge is -2.38. The number of hydrogen-bond donors (Lipinski definition) is 0. The smallest absolute Gasteiger partial charge is 0.263 e. The molecule has 3 fully saturated rings. The molecule has 5 rings (SSSR count). The number of pyridine rings is 1. The monoisotopic (exact) mass is 440 g/mol. The summed E-state index contributed by atoms with van der Waals surface area (Å²) in [6, 6.07) is 9.71. The second-order valence-electron chi connectivity index (χ2n) is 8.66. The van der Waals surface area contributed by atoms with Gasteiger partial charge < -0.3 is 19.4 Å². The second-order valence-corrected chi connectivity index (χ2v) is 9.61. The lowest BCUT2D eigenvalue weighted by molar-refractivity contribution is -0.148. The summed E-state index contributed by atoms with van der Waals surface area (Å²) < 4.78 is 5.49. The number of morpholine rings is 1. The zero-order valence-electron chi connectivity index (χ0n) is 17.6. The molecule has 0 radical (unpaired) electrons. The molecule has 5 heterocycles. The fourth-order valence-corrected chi connectivity index (χ4v) is 6.01. The Balaban J connectivity index is 1.45. The lowest BCUT2D eigenvalue weighted by Crippen LogP contribution is -2.53. The van der Waals surface area contributed by atoms with E-state index in [-0.39, 0.29) is 17.7 Å². The zero-order chi connectivity index (χ0) is 21.3. The lowest BCUT2D eigenvalue weighted by atomic mass is 9.73. The van der Waals surface area contributed by atoms with Crippen molar-refractivity contribution < 1.29 is 14.3 Å². The average molecular weight is 441 g/mol. The highest BCUT2D eigenvalue weighted by Crippen LogP contribution is 2.45. The Hall–Kier alpha value is -2.45. The molecule has 0 aliphatic carbocycles. The molecule has 7 nitrogen and oxygen atoms in total. The number of carbonyl (C=O) groups is 2. The molecule has 0 aromatic carbocycles. The molecule has 2 aromatic heterocycles. The van der Waals surface area contributed by atoms with Gasteiger partial charge in [0.1, 0.15) is 5.82 Å². The van der Waals surface area contributed by atoms with Gasteiger partial charge in [0.25, 0.3) is 5.91 Å². The van der Waals surface area contributed by atoms with E-state index in [4.69, 9.17) is 4.74 Å². The van der Waals surface area contributed by atoms with Gasteiger partial charge in [-0.3, -0.25) is 9.59 Å². The Morgan fingerprint density at radius 3 is 2.68 bits per heavy atom. The van der Waals surface area contributed by atoms with Gasteiger partial charge in [0.2, 0.25) is 5.91 Å². The van der Waals surface area contributed by atoms with Crippen molar-refractivity contribution in [2.24, 2.45) is 11.3 Å². The molecule has 3 aliphatic heterocycles. The summed E-state index contributed by atoms with van der Waals surface area (Å²) >= 11 is 1.48. The number of ether oxygens (including phenoxy) is 1. The predicted octanol–water partition coefficient (Wildman–Crippen LogP) is 2.36. The highest BCUT2D eigenvalue weighted by Gasteiger charge is 2.55. The number of carbonyl (C=O) groups excluding carboxylic acids is 2. The van der Waals surface area contributed by atoms with Crippen molar-refractivity contribution in [3.05, 3.63) is 46.8 Å². The van der Waals surface area contributed by atoms with Crippen LogP contribution in [-0.2, 0) is 9.53 Å². The number of fused-ring (bicyclic) bond motifs is 1. The van der Waals surface area contributed by atoms with Crippen LogP contribution in [0.4, 0.5) is 5.82 Å². The number of amides is 2. The summed E-state index contributed by atoms with van der Waals surface area (Å²) in [5, 5.41) is 1.94. The maximum Gasteiger partial charge on any atom is 0.263 e. The third-order valence-electron chi connectivity index (χ3n) is 6.90. The minimum atomic E-state index is -0.487. The van der Waals surface area contributed by atoms with Gasteiger partial charge in [-0.15, -0.1) is 11.3 Å². The van der Waals surface area contributed by atoms with Crippen LogP contribution < -0.4 is 4.90 Å². The molecule has 31 heavy (non-hydrogen) atoms. The van der Waals surface area contributed by atoms with Gasteiger partial charge in [0, 0.05) is 51.4 Å². The number of thiophene rings is 1. The van der Waals surface area contributed by atoms with E-state index in [1.165, 1.54) is 11.3 Å². The minimum absolute atomic E-state index is 0.0799. The highest BCUT2D eigenvalue weighted by atomic mass is 32.1. The molecule has 2 atom stereocenters. The van der Waals surface area contributed by atoms with Crippen LogP contribution in [0.15, 0.2) is 41.9 Å². The van der Waals surface area contributed by atoms with Gasteiger partial charge >= 0.3 is 0 Å². The second kappa shape index (κ2) is 8.59. The van der Waals surface area contributed by atoms with E-state index in [0.717, 1.165) is 30.1 Å². The summed E-state index contributed by atoms with van der Waals surface area (Å²) in [5.74, 6) is 1.29. The average Bonchev–Trinajstić information content (AvgIpc) is 3.45. The van der Waals surface area contributed by atoms with Gasteiger partial charge in [0.05, 0.1) is 23.5 Å². The van der Waals surface area contributed by atoms with Crippen molar-refractivity contribution in [3.63, 3.8) is 0 Å². The number of likely N-dealkylation sites (tertiary alicyclic amines) is 1. The topological polar surface area (TPSA) is 66.0 Å². The largest absolute Gasteiger partial charge is 0.378 e. The molecule has 0 spiro atoms. The molecular formula is C23H28N4O3S. The first-order valence-corrected chi connectivity index (χ1v) is 11.9. The van der Waals surface area contributed by atoms with E-state index >= 15 is 0 Å². The molecular weight excluding hydrogens is 412 g/mol. The fraction of sp³-hybridized carbons (Fsp3) is 0.522. The minimum Gasteiger partial charge on any atom is -0.378 e. The van der Waals surface area contributed by atoms with Crippen molar-refractivity contribution in [1.29, 1.82) is 0 Å². The third kappa shape index (κ3) is 3.83. The Labute approximate surface area is 186 Å². The SMILES string of the molecule is O=C(c1cccs1)N1CCC[C@]2(C(=O)N3CCOCC3)CN(c3ccccn3)C[C@@H]2C1. The van der Waals surface area contributed by atoms with Crippen LogP contribution in [0, 0.1) is 11.3 Å². The Bertz CT molecular complexity index is 916. The summed E-state index contributed by atoms with van der Waals surface area (Å²) in [6.07, 6.45) is 3.43. The number of anilines is 1. The standard InChI is InChI=1S/C23H28N4O3S/c28-21(19-5-3-14-31-19)26-9-4-7-23(22(29)25-10-12-30-13-11-25)17-27(16-18(23)15-26)20-6-1-2-8-24-20/h1-3,5-6,8,14,18H,4,7,9-13,15-17H2/t18-,23-/m0/s1. The molecule has 3 saturated heterocycles. The van der Waals surface area contributed by atoms with E-state index in [0.29, 0.717) is 45.9 Å². The van der Waals surface area contributed by atoms with Crippen LogP contribution in [0.25, 0.3) is 0 Å². The molecule has 3 aliphatic rings. The number of rotatable bonds is 3. The Morgan fingerprint density at radius 1 is 1.06 bits per heavy atom. The maximum atomic E-state index is 13.9. The van der Waals surface area contributed by atoms with Gasteiger partial charge in [-0.1, -0.05) is 12.1 Å². The van der Waals surface area contributed by atoms with Crippen molar-refractivity contribution >= 4 is 29.0 Å². The van der Waals surface area contributed by atoms with E-state index in [1.807, 2.05) is 45.5 Å². The van der Waals surface area contributed by atoms with Crippen LogP contribution in [0.2, 0.25) is 0 Å². The predicted molar refractivity (Wildman–Crippen MR) is 119 cm³/mol. The molecule has 2 amide bonds. The van der Waals surface area contributed by atoms with Crippen molar-refractivity contribution in [1.82, 2.24) is 14.8 Å². The van der Waals surface area contributed by atoms with Gasteiger partial charge in [-0.2, -0.15) is 0 Å². The van der Waals surface area contributed by atoms with Crippen LogP contribution in [0.1, 0.15) is 22.5 Å². The molecule has 164 valence electrons. The fourth-order valence-electron chi connectivity index (χ4n) is 5.32. The summed E-state index contributed by atoms with van der Waals surface area (Å²) in [4.78, 5) is 38.5. The van der Waals surface area contributed by atoms with Crippen molar-refractivity contribution in [2.45, 2.75) is 12.8 Å². The number of aromatic nitrogens is 1. The summed E-state index contributed by atoms with van der Waals surface area (Å²) in [7, 11) is 0. The first-order chi connectivity index (χ1) is 15.2. The van der Waals surface area contributed by atoms with E-state index in [9.17, 15) is 9.59 Å². The third-order valence-corrected chi connectivity index (χ3v) is 7.76.